The van der Waals surface area contributed by atoms with Gasteiger partial charge in [-0.2, -0.15) is 0 Å². The normalized spacial score (nSPS) is 17.8. The summed E-state index contributed by atoms with van der Waals surface area (Å²) in [5.74, 6) is 1.13. The largest absolute Gasteiger partial charge is 0.325 e. The predicted molar refractivity (Wildman–Crippen MR) is 73.3 cm³/mol. The zero-order valence-corrected chi connectivity index (χ0v) is 11.5. The third-order valence-electron chi connectivity index (χ3n) is 3.50. The average Bonchev–Trinajstić information content (AvgIpc) is 2.65. The Morgan fingerprint density at radius 2 is 2.12 bits per heavy atom. The van der Waals surface area contributed by atoms with Gasteiger partial charge >= 0.3 is 0 Å². The number of aromatic nitrogens is 2. The molecule has 0 aliphatic carbocycles. The molecule has 3 nitrogen and oxygen atoms in total. The topological polar surface area (TPSA) is 29.9 Å². The molecule has 0 amide bonds. The van der Waals surface area contributed by atoms with Crippen molar-refractivity contribution in [3.05, 3.63) is 28.5 Å². The summed E-state index contributed by atoms with van der Waals surface area (Å²) in [6, 6.07) is 6.92. The van der Waals surface area contributed by atoms with Crippen molar-refractivity contribution >= 4 is 27.0 Å². The van der Waals surface area contributed by atoms with Crippen LogP contribution in [0.15, 0.2) is 22.7 Å². The van der Waals surface area contributed by atoms with Crippen molar-refractivity contribution in [3.8, 4) is 0 Å². The molecule has 0 spiro atoms. The number of benzene rings is 1. The van der Waals surface area contributed by atoms with E-state index in [1.807, 2.05) is 0 Å². The Kier molecular flexibility index (Phi) is 2.92. The van der Waals surface area contributed by atoms with Gasteiger partial charge in [-0.25, -0.2) is 4.98 Å². The molecular weight excluding hydrogens is 278 g/mol. The predicted octanol–water partition coefficient (Wildman–Crippen LogP) is 3.03. The fourth-order valence-electron chi connectivity index (χ4n) is 2.71. The Labute approximate surface area is 109 Å². The maximum atomic E-state index is 4.65. The molecule has 0 radical (unpaired) electrons. The van der Waals surface area contributed by atoms with Gasteiger partial charge in [0.05, 0.1) is 11.0 Å². The van der Waals surface area contributed by atoms with Crippen molar-refractivity contribution in [2.45, 2.75) is 25.8 Å². The van der Waals surface area contributed by atoms with Gasteiger partial charge in [0.1, 0.15) is 5.82 Å². The van der Waals surface area contributed by atoms with Crippen LogP contribution in [0.3, 0.4) is 0 Å². The summed E-state index contributed by atoms with van der Waals surface area (Å²) in [5, 5.41) is 3.41. The standard InChI is InChI=1S/C13H16BrN3/c1-9-16-12-3-2-10(14)8-13(12)17(9)11-4-6-15-7-5-11/h2-3,8,11,15H,4-7H2,1H3. The molecule has 3 rings (SSSR count). The molecule has 0 saturated carbocycles. The average molecular weight is 294 g/mol. The molecular formula is C13H16BrN3. The van der Waals surface area contributed by atoms with Crippen molar-refractivity contribution in [2.24, 2.45) is 0 Å². The summed E-state index contributed by atoms with van der Waals surface area (Å²) < 4.78 is 3.53. The van der Waals surface area contributed by atoms with Crippen molar-refractivity contribution in [2.75, 3.05) is 13.1 Å². The highest BCUT2D eigenvalue weighted by atomic mass is 79.9. The zero-order chi connectivity index (χ0) is 11.8. The van der Waals surface area contributed by atoms with E-state index in [4.69, 9.17) is 0 Å². The number of fused-ring (bicyclic) bond motifs is 1. The Morgan fingerprint density at radius 1 is 1.35 bits per heavy atom. The maximum absolute atomic E-state index is 4.65. The van der Waals surface area contributed by atoms with Crippen molar-refractivity contribution in [1.29, 1.82) is 0 Å². The van der Waals surface area contributed by atoms with E-state index in [1.54, 1.807) is 0 Å². The molecule has 1 aliphatic heterocycles. The molecule has 0 bridgehead atoms. The van der Waals surface area contributed by atoms with Gasteiger partial charge in [0.15, 0.2) is 0 Å². The molecule has 1 saturated heterocycles. The SMILES string of the molecule is Cc1nc2ccc(Br)cc2n1C1CCNCC1. The molecule has 1 aromatic carbocycles. The van der Waals surface area contributed by atoms with Crippen molar-refractivity contribution in [3.63, 3.8) is 0 Å². The monoisotopic (exact) mass is 293 g/mol. The molecule has 1 N–H and O–H groups in total. The molecule has 90 valence electrons. The van der Waals surface area contributed by atoms with Gasteiger partial charge in [-0.15, -0.1) is 0 Å². The van der Waals surface area contributed by atoms with Gasteiger partial charge in [-0.1, -0.05) is 15.9 Å². The van der Waals surface area contributed by atoms with Crippen LogP contribution in [0.1, 0.15) is 24.7 Å². The summed E-state index contributed by atoms with van der Waals surface area (Å²) in [5.41, 5.74) is 2.35. The van der Waals surface area contributed by atoms with Crippen molar-refractivity contribution < 1.29 is 0 Å². The molecule has 1 aliphatic rings. The van der Waals surface area contributed by atoms with Gasteiger partial charge in [-0.3, -0.25) is 0 Å². The Balaban J connectivity index is 2.13. The number of nitrogens with one attached hydrogen (secondary N) is 1. The van der Waals surface area contributed by atoms with Gasteiger partial charge in [-0.05, 0) is 51.1 Å². The van der Waals surface area contributed by atoms with Gasteiger partial charge < -0.3 is 9.88 Å². The molecule has 4 heteroatoms. The lowest BCUT2D eigenvalue weighted by Gasteiger charge is -2.25. The van der Waals surface area contributed by atoms with E-state index >= 15 is 0 Å². The number of piperidine rings is 1. The van der Waals surface area contributed by atoms with Crippen LogP contribution < -0.4 is 5.32 Å². The second-order valence-corrected chi connectivity index (χ2v) is 5.56. The Morgan fingerprint density at radius 3 is 2.88 bits per heavy atom. The summed E-state index contributed by atoms with van der Waals surface area (Å²) >= 11 is 3.55. The maximum Gasteiger partial charge on any atom is 0.106 e. The first kappa shape index (κ1) is 11.2. The van der Waals surface area contributed by atoms with E-state index < -0.39 is 0 Å². The molecule has 2 heterocycles. The van der Waals surface area contributed by atoms with Crippen LogP contribution in [0.25, 0.3) is 11.0 Å². The minimum atomic E-state index is 0.593. The van der Waals surface area contributed by atoms with Crippen LogP contribution >= 0.6 is 15.9 Å². The third-order valence-corrected chi connectivity index (χ3v) is 3.99. The number of rotatable bonds is 1. The van der Waals surface area contributed by atoms with E-state index in [9.17, 15) is 0 Å². The quantitative estimate of drug-likeness (QED) is 0.876. The number of halogens is 1. The van der Waals surface area contributed by atoms with E-state index in [-0.39, 0.29) is 0 Å². The molecule has 1 aromatic heterocycles. The van der Waals surface area contributed by atoms with Crippen LogP contribution in [0.5, 0.6) is 0 Å². The number of hydrogen-bond acceptors (Lipinski definition) is 2. The van der Waals surface area contributed by atoms with Gasteiger partial charge in [0.25, 0.3) is 0 Å². The van der Waals surface area contributed by atoms with Crippen LogP contribution in [0.4, 0.5) is 0 Å². The van der Waals surface area contributed by atoms with Crippen LogP contribution in [0, 0.1) is 6.92 Å². The smallest absolute Gasteiger partial charge is 0.106 e. The molecule has 0 unspecified atom stereocenters. The zero-order valence-electron chi connectivity index (χ0n) is 9.91. The van der Waals surface area contributed by atoms with Crippen LogP contribution in [-0.4, -0.2) is 22.6 Å². The summed E-state index contributed by atoms with van der Waals surface area (Å²) in [6.45, 7) is 4.32. The summed E-state index contributed by atoms with van der Waals surface area (Å²) in [4.78, 5) is 4.65. The van der Waals surface area contributed by atoms with E-state index in [1.165, 1.54) is 18.4 Å². The minimum Gasteiger partial charge on any atom is -0.325 e. The number of imidazole rings is 1. The fourth-order valence-corrected chi connectivity index (χ4v) is 3.06. The number of hydrogen-bond donors (Lipinski definition) is 1. The number of aryl methyl sites for hydroxylation is 1. The fraction of sp³-hybridized carbons (Fsp3) is 0.462. The van der Waals surface area contributed by atoms with E-state index in [0.717, 1.165) is 28.9 Å². The van der Waals surface area contributed by atoms with Crippen molar-refractivity contribution in [1.82, 2.24) is 14.9 Å². The van der Waals surface area contributed by atoms with Crippen LogP contribution in [0.2, 0.25) is 0 Å². The van der Waals surface area contributed by atoms with Crippen LogP contribution in [-0.2, 0) is 0 Å². The highest BCUT2D eigenvalue weighted by Gasteiger charge is 2.19. The molecule has 17 heavy (non-hydrogen) atoms. The molecule has 0 atom stereocenters. The lowest BCUT2D eigenvalue weighted by molar-refractivity contribution is 0.370. The second-order valence-electron chi connectivity index (χ2n) is 4.64. The highest BCUT2D eigenvalue weighted by Crippen LogP contribution is 2.28. The third kappa shape index (κ3) is 2.00. The lowest BCUT2D eigenvalue weighted by atomic mass is 10.1. The Bertz CT molecular complexity index is 541. The summed E-state index contributed by atoms with van der Waals surface area (Å²) in [6.07, 6.45) is 2.39. The van der Waals surface area contributed by atoms with E-state index in [2.05, 4.69) is 55.9 Å². The highest BCUT2D eigenvalue weighted by molar-refractivity contribution is 9.10. The Hall–Kier alpha value is -0.870. The molecule has 1 fully saturated rings. The van der Waals surface area contributed by atoms with Gasteiger partial charge in [0, 0.05) is 10.5 Å². The second kappa shape index (κ2) is 4.42. The first-order valence-electron chi connectivity index (χ1n) is 6.10. The number of nitrogens with zero attached hydrogens (tertiary/aromatic N) is 2. The molecule has 2 aromatic rings. The lowest BCUT2D eigenvalue weighted by Crippen LogP contribution is -2.29. The minimum absolute atomic E-state index is 0.593. The van der Waals surface area contributed by atoms with Gasteiger partial charge in [0.2, 0.25) is 0 Å². The van der Waals surface area contributed by atoms with E-state index in [0.29, 0.717) is 6.04 Å². The summed E-state index contributed by atoms with van der Waals surface area (Å²) in [7, 11) is 0. The first-order valence-corrected chi connectivity index (χ1v) is 6.90. The first-order chi connectivity index (χ1) is 8.25.